The molecule has 3 rings (SSSR count). The van der Waals surface area contributed by atoms with Crippen molar-refractivity contribution in [2.24, 2.45) is 0 Å². The van der Waals surface area contributed by atoms with Gasteiger partial charge in [-0.05, 0) is 31.3 Å². The van der Waals surface area contributed by atoms with Gasteiger partial charge in [0.15, 0.2) is 0 Å². The van der Waals surface area contributed by atoms with Crippen LogP contribution < -0.4 is 14.4 Å². The van der Waals surface area contributed by atoms with Crippen LogP contribution in [0.1, 0.15) is 6.42 Å². The van der Waals surface area contributed by atoms with Crippen LogP contribution in [-0.2, 0) is 10.0 Å². The van der Waals surface area contributed by atoms with E-state index >= 15 is 0 Å². The summed E-state index contributed by atoms with van der Waals surface area (Å²) in [5.74, 6) is 0.729. The second-order valence-corrected chi connectivity index (χ2v) is 8.51. The van der Waals surface area contributed by atoms with Crippen LogP contribution >= 0.6 is 12.2 Å². The molecule has 6 nitrogen and oxygen atoms in total. The van der Waals surface area contributed by atoms with Gasteiger partial charge in [-0.15, -0.1) is 0 Å². The lowest BCUT2D eigenvalue weighted by molar-refractivity contribution is 0.311. The number of benzene rings is 1. The van der Waals surface area contributed by atoms with E-state index in [2.05, 4.69) is 21.6 Å². The second-order valence-electron chi connectivity index (χ2n) is 6.37. The Balaban J connectivity index is 1.87. The molecular formula is C18H23N3O3S2. The molecule has 1 aromatic carbocycles. The topological polar surface area (TPSA) is 61.9 Å². The van der Waals surface area contributed by atoms with Crippen molar-refractivity contribution in [2.45, 2.75) is 6.42 Å². The van der Waals surface area contributed by atoms with Gasteiger partial charge in [0.2, 0.25) is 0 Å². The van der Waals surface area contributed by atoms with Crippen LogP contribution in [-0.4, -0.2) is 58.5 Å². The highest BCUT2D eigenvalue weighted by atomic mass is 32.2. The molecule has 1 aromatic rings. The van der Waals surface area contributed by atoms with Crippen LogP contribution in [0.4, 0.5) is 11.4 Å². The van der Waals surface area contributed by atoms with E-state index in [1.54, 1.807) is 31.4 Å². The zero-order chi connectivity index (χ0) is 18.7. The van der Waals surface area contributed by atoms with Gasteiger partial charge in [0.05, 0.1) is 18.5 Å². The minimum Gasteiger partial charge on any atom is -0.495 e. The normalized spacial score (nSPS) is 18.6. The second kappa shape index (κ2) is 7.77. The van der Waals surface area contributed by atoms with Crippen molar-refractivity contribution in [1.82, 2.24) is 4.90 Å². The third-order valence-electron chi connectivity index (χ3n) is 4.53. The van der Waals surface area contributed by atoms with Crippen molar-refractivity contribution in [1.29, 1.82) is 0 Å². The first-order chi connectivity index (χ1) is 12.4. The van der Waals surface area contributed by atoms with Crippen molar-refractivity contribution >= 4 is 38.5 Å². The first-order valence-electron chi connectivity index (χ1n) is 8.45. The standard InChI is InChI=1S/C18H23N3O3S2/c1-20-9-11-21(12-10-20)15-13-14(7-8-16(15)24-2)19-26(22,23)18-6-4-3-5-17(18)25/h3-4,6-8,13,19H,5,9-12H2,1-2H3. The summed E-state index contributed by atoms with van der Waals surface area (Å²) < 4.78 is 33.5. The molecule has 0 atom stereocenters. The molecule has 8 heteroatoms. The predicted octanol–water partition coefficient (Wildman–Crippen LogP) is 2.40. The van der Waals surface area contributed by atoms with Gasteiger partial charge in [0.25, 0.3) is 10.0 Å². The molecule has 140 valence electrons. The highest BCUT2D eigenvalue weighted by molar-refractivity contribution is 7.99. The summed E-state index contributed by atoms with van der Waals surface area (Å²) in [5.41, 5.74) is 1.39. The lowest BCUT2D eigenvalue weighted by Crippen LogP contribution is -2.44. The number of ether oxygens (including phenoxy) is 1. The quantitative estimate of drug-likeness (QED) is 0.775. The zero-order valence-electron chi connectivity index (χ0n) is 14.9. The molecule has 1 saturated heterocycles. The van der Waals surface area contributed by atoms with Gasteiger partial charge in [-0.2, -0.15) is 0 Å². The van der Waals surface area contributed by atoms with Crippen LogP contribution in [0.5, 0.6) is 5.75 Å². The maximum absolute atomic E-state index is 12.7. The SMILES string of the molecule is COc1ccc(NS(=O)(=O)C2=CC=CCC2=S)cc1N1CCN(C)CC1. The lowest BCUT2D eigenvalue weighted by Gasteiger charge is -2.35. The number of allylic oxidation sites excluding steroid dienone is 4. The summed E-state index contributed by atoms with van der Waals surface area (Å²) in [6.07, 6.45) is 5.57. The molecule has 2 aliphatic rings. The number of anilines is 2. The first kappa shape index (κ1) is 18.9. The fourth-order valence-corrected chi connectivity index (χ4v) is 4.70. The Morgan fingerprint density at radius 2 is 1.92 bits per heavy atom. The minimum absolute atomic E-state index is 0.159. The molecule has 26 heavy (non-hydrogen) atoms. The maximum Gasteiger partial charge on any atom is 0.263 e. The Hall–Kier alpha value is -1.90. The molecule has 1 N–H and O–H groups in total. The van der Waals surface area contributed by atoms with E-state index < -0.39 is 10.0 Å². The number of nitrogens with zero attached hydrogens (tertiary/aromatic N) is 2. The molecule has 0 amide bonds. The molecule has 0 saturated carbocycles. The number of thiocarbonyl (C=S) groups is 1. The molecule has 0 aromatic heterocycles. The Bertz CT molecular complexity index is 854. The number of methoxy groups -OCH3 is 1. The van der Waals surface area contributed by atoms with Crippen LogP contribution in [0.3, 0.4) is 0 Å². The van der Waals surface area contributed by atoms with Crippen LogP contribution in [0.25, 0.3) is 0 Å². The van der Waals surface area contributed by atoms with Crippen LogP contribution in [0.15, 0.2) is 41.3 Å². The minimum atomic E-state index is -3.71. The van der Waals surface area contributed by atoms with Gasteiger partial charge in [-0.1, -0.05) is 24.4 Å². The number of nitrogens with one attached hydrogen (secondary N) is 1. The zero-order valence-corrected chi connectivity index (χ0v) is 16.6. The molecule has 0 unspecified atom stereocenters. The summed E-state index contributed by atoms with van der Waals surface area (Å²) in [7, 11) is 0.00270. The number of sulfonamides is 1. The van der Waals surface area contributed by atoms with Crippen molar-refractivity contribution in [3.05, 3.63) is 41.3 Å². The van der Waals surface area contributed by atoms with Gasteiger partial charge < -0.3 is 14.5 Å². The summed E-state index contributed by atoms with van der Waals surface area (Å²) >= 11 is 5.20. The molecule has 1 heterocycles. The summed E-state index contributed by atoms with van der Waals surface area (Å²) in [6, 6.07) is 5.32. The number of rotatable bonds is 5. The lowest BCUT2D eigenvalue weighted by atomic mass is 10.2. The first-order valence-corrected chi connectivity index (χ1v) is 10.3. The summed E-state index contributed by atoms with van der Waals surface area (Å²) in [5, 5.41) is 0. The predicted molar refractivity (Wildman–Crippen MR) is 110 cm³/mol. The third kappa shape index (κ3) is 4.08. The molecule has 1 fully saturated rings. The van der Waals surface area contributed by atoms with Gasteiger partial charge in [-0.3, -0.25) is 4.72 Å². The van der Waals surface area contributed by atoms with Crippen LogP contribution in [0.2, 0.25) is 0 Å². The van der Waals surface area contributed by atoms with Gasteiger partial charge in [-0.25, -0.2) is 8.42 Å². The molecule has 0 radical (unpaired) electrons. The van der Waals surface area contributed by atoms with Gasteiger partial charge in [0.1, 0.15) is 10.7 Å². The summed E-state index contributed by atoms with van der Waals surface area (Å²) in [4.78, 5) is 5.06. The van der Waals surface area contributed by atoms with E-state index in [0.717, 1.165) is 37.6 Å². The number of likely N-dealkylation sites (N-methyl/N-ethyl adjacent to an activating group) is 1. The Kier molecular flexibility index (Phi) is 5.64. The summed E-state index contributed by atoms with van der Waals surface area (Å²) in [6.45, 7) is 3.63. The van der Waals surface area contributed by atoms with E-state index in [9.17, 15) is 8.42 Å². The smallest absolute Gasteiger partial charge is 0.263 e. The molecule has 1 aliphatic carbocycles. The fraction of sp³-hybridized carbons (Fsp3) is 0.389. The van der Waals surface area contributed by atoms with Crippen molar-refractivity contribution < 1.29 is 13.2 Å². The van der Waals surface area contributed by atoms with E-state index in [1.165, 1.54) is 0 Å². The largest absolute Gasteiger partial charge is 0.495 e. The monoisotopic (exact) mass is 393 g/mol. The Morgan fingerprint density at radius 1 is 1.19 bits per heavy atom. The maximum atomic E-state index is 12.7. The molecule has 0 spiro atoms. The molecule has 0 bridgehead atoms. The molecular weight excluding hydrogens is 370 g/mol. The van der Waals surface area contributed by atoms with E-state index in [-0.39, 0.29) is 4.91 Å². The van der Waals surface area contributed by atoms with E-state index in [1.807, 2.05) is 12.1 Å². The number of hydrogen-bond acceptors (Lipinski definition) is 6. The third-order valence-corrected chi connectivity index (χ3v) is 6.51. The van der Waals surface area contributed by atoms with Gasteiger partial charge in [0, 0.05) is 37.5 Å². The van der Waals surface area contributed by atoms with Crippen molar-refractivity contribution in [3.63, 3.8) is 0 Å². The van der Waals surface area contributed by atoms with Crippen LogP contribution in [0, 0.1) is 0 Å². The van der Waals surface area contributed by atoms with Gasteiger partial charge >= 0.3 is 0 Å². The highest BCUT2D eigenvalue weighted by Crippen LogP contribution is 2.33. The average Bonchev–Trinajstić information content (AvgIpc) is 2.62. The van der Waals surface area contributed by atoms with Crippen molar-refractivity contribution in [3.8, 4) is 5.75 Å². The van der Waals surface area contributed by atoms with Crippen molar-refractivity contribution in [2.75, 3.05) is 50.0 Å². The average molecular weight is 394 g/mol. The van der Waals surface area contributed by atoms with E-state index in [4.69, 9.17) is 17.0 Å². The molecule has 1 aliphatic heterocycles. The highest BCUT2D eigenvalue weighted by Gasteiger charge is 2.24. The Labute approximate surface area is 160 Å². The number of hydrogen-bond donors (Lipinski definition) is 1. The number of piperazine rings is 1. The fourth-order valence-electron chi connectivity index (χ4n) is 3.02. The van der Waals surface area contributed by atoms with E-state index in [0.29, 0.717) is 17.0 Å². The Morgan fingerprint density at radius 3 is 2.58 bits per heavy atom.